The highest BCUT2D eigenvalue weighted by molar-refractivity contribution is 5.86. The van der Waals surface area contributed by atoms with E-state index in [0.717, 1.165) is 23.7 Å². The van der Waals surface area contributed by atoms with E-state index < -0.39 is 0 Å². The largest absolute Gasteiger partial charge is 0.372 e. The number of pyridine rings is 2. The number of aromatic nitrogens is 2. The van der Waals surface area contributed by atoms with Gasteiger partial charge in [0.15, 0.2) is 12.6 Å². The van der Waals surface area contributed by atoms with Gasteiger partial charge in [0, 0.05) is 48.4 Å². The molecule has 1 aliphatic rings. The lowest BCUT2D eigenvalue weighted by Crippen LogP contribution is -2.46. The maximum atomic E-state index is 11.6. The molecule has 1 aliphatic heterocycles. The third-order valence-electron chi connectivity index (χ3n) is 3.97. The van der Waals surface area contributed by atoms with E-state index in [2.05, 4.69) is 14.9 Å². The Kier molecular flexibility index (Phi) is 4.66. The lowest BCUT2D eigenvalue weighted by molar-refractivity contribution is -0.00549. The van der Waals surface area contributed by atoms with Crippen molar-refractivity contribution in [2.45, 2.75) is 26.1 Å². The first-order chi connectivity index (χ1) is 11.6. The quantitative estimate of drug-likeness (QED) is 0.804. The normalized spacial score (nSPS) is 20.7. The highest BCUT2D eigenvalue weighted by atomic mass is 16.5. The van der Waals surface area contributed by atoms with Gasteiger partial charge in [0.25, 0.3) is 0 Å². The standard InChI is InChI=1S/C18H19N3O3/c1-12-8-21(9-13(2)24-12)18-17(11-23)4-16(7-20-18)15-3-14(10-22)5-19-6-15/h3-7,10-13H,8-9H2,1-2H3. The smallest absolute Gasteiger partial charge is 0.153 e. The van der Waals surface area contributed by atoms with Crippen LogP contribution in [0.15, 0.2) is 30.7 Å². The van der Waals surface area contributed by atoms with Crippen molar-refractivity contribution >= 4 is 18.4 Å². The van der Waals surface area contributed by atoms with Crippen LogP contribution in [0.4, 0.5) is 5.82 Å². The molecule has 0 aromatic carbocycles. The monoisotopic (exact) mass is 325 g/mol. The molecule has 24 heavy (non-hydrogen) atoms. The Morgan fingerprint density at radius 1 is 1.04 bits per heavy atom. The van der Waals surface area contributed by atoms with Crippen LogP contribution in [-0.4, -0.2) is 47.8 Å². The van der Waals surface area contributed by atoms with Crippen LogP contribution in [0.2, 0.25) is 0 Å². The molecule has 124 valence electrons. The van der Waals surface area contributed by atoms with E-state index in [1.807, 2.05) is 13.8 Å². The van der Waals surface area contributed by atoms with E-state index in [1.165, 1.54) is 6.20 Å². The minimum atomic E-state index is 0.0863. The number of carbonyl (C=O) groups is 2. The van der Waals surface area contributed by atoms with Crippen LogP contribution >= 0.6 is 0 Å². The zero-order chi connectivity index (χ0) is 17.1. The number of aldehydes is 2. The molecule has 0 N–H and O–H groups in total. The SMILES string of the molecule is CC1CN(c2ncc(-c3cncc(C=O)c3)cc2C=O)CC(C)O1. The number of hydrogen-bond donors (Lipinski definition) is 0. The average molecular weight is 325 g/mol. The zero-order valence-electron chi connectivity index (χ0n) is 13.7. The molecule has 1 fully saturated rings. The molecule has 0 bridgehead atoms. The van der Waals surface area contributed by atoms with Gasteiger partial charge < -0.3 is 9.64 Å². The van der Waals surface area contributed by atoms with E-state index >= 15 is 0 Å². The summed E-state index contributed by atoms with van der Waals surface area (Å²) in [5.41, 5.74) is 2.52. The maximum Gasteiger partial charge on any atom is 0.153 e. The van der Waals surface area contributed by atoms with E-state index in [0.29, 0.717) is 30.0 Å². The Balaban J connectivity index is 1.96. The summed E-state index contributed by atoms with van der Waals surface area (Å²) >= 11 is 0. The molecule has 1 saturated heterocycles. The molecule has 0 spiro atoms. The lowest BCUT2D eigenvalue weighted by atomic mass is 10.1. The summed E-state index contributed by atoms with van der Waals surface area (Å²) in [6, 6.07) is 3.51. The van der Waals surface area contributed by atoms with E-state index in [4.69, 9.17) is 4.74 Å². The van der Waals surface area contributed by atoms with E-state index in [1.54, 1.807) is 24.5 Å². The minimum Gasteiger partial charge on any atom is -0.372 e. The summed E-state index contributed by atoms with van der Waals surface area (Å²) in [6.07, 6.45) is 6.58. The van der Waals surface area contributed by atoms with Crippen molar-refractivity contribution in [3.8, 4) is 11.1 Å². The topological polar surface area (TPSA) is 72.4 Å². The number of rotatable bonds is 4. The maximum absolute atomic E-state index is 11.6. The van der Waals surface area contributed by atoms with Gasteiger partial charge in [0.05, 0.1) is 17.8 Å². The van der Waals surface area contributed by atoms with Crippen molar-refractivity contribution in [2.24, 2.45) is 0 Å². The van der Waals surface area contributed by atoms with Gasteiger partial charge in [-0.3, -0.25) is 14.6 Å². The van der Waals surface area contributed by atoms with Crippen LogP contribution in [0, 0.1) is 0 Å². The number of carbonyl (C=O) groups excluding carboxylic acids is 2. The molecule has 3 heterocycles. The van der Waals surface area contributed by atoms with Crippen LogP contribution < -0.4 is 4.90 Å². The molecule has 6 heteroatoms. The van der Waals surface area contributed by atoms with Crippen LogP contribution in [0.5, 0.6) is 0 Å². The summed E-state index contributed by atoms with van der Waals surface area (Å²) in [5, 5.41) is 0. The molecule has 2 aromatic rings. The predicted molar refractivity (Wildman–Crippen MR) is 90.5 cm³/mol. The van der Waals surface area contributed by atoms with Gasteiger partial charge in [0.1, 0.15) is 5.82 Å². The number of nitrogens with zero attached hydrogens (tertiary/aromatic N) is 3. The van der Waals surface area contributed by atoms with Crippen molar-refractivity contribution in [2.75, 3.05) is 18.0 Å². The van der Waals surface area contributed by atoms with Gasteiger partial charge in [-0.1, -0.05) is 0 Å². The summed E-state index contributed by atoms with van der Waals surface area (Å²) in [6.45, 7) is 5.40. The van der Waals surface area contributed by atoms with Crippen molar-refractivity contribution in [1.82, 2.24) is 9.97 Å². The Hall–Kier alpha value is -2.60. The van der Waals surface area contributed by atoms with Crippen molar-refractivity contribution < 1.29 is 14.3 Å². The Labute approximate surface area is 140 Å². The first kappa shape index (κ1) is 16.3. The van der Waals surface area contributed by atoms with Crippen LogP contribution in [0.1, 0.15) is 34.6 Å². The second-order valence-corrected chi connectivity index (χ2v) is 6.04. The lowest BCUT2D eigenvalue weighted by Gasteiger charge is -2.36. The average Bonchev–Trinajstić information content (AvgIpc) is 2.60. The van der Waals surface area contributed by atoms with Crippen molar-refractivity contribution in [3.63, 3.8) is 0 Å². The first-order valence-electron chi connectivity index (χ1n) is 7.87. The summed E-state index contributed by atoms with van der Waals surface area (Å²) in [7, 11) is 0. The molecular formula is C18H19N3O3. The number of anilines is 1. The molecule has 0 amide bonds. The second kappa shape index (κ2) is 6.88. The first-order valence-corrected chi connectivity index (χ1v) is 7.87. The van der Waals surface area contributed by atoms with Gasteiger partial charge in [-0.2, -0.15) is 0 Å². The van der Waals surface area contributed by atoms with Crippen molar-refractivity contribution in [3.05, 3.63) is 41.9 Å². The van der Waals surface area contributed by atoms with Gasteiger partial charge in [0.2, 0.25) is 0 Å². The Morgan fingerprint density at radius 2 is 1.75 bits per heavy atom. The molecule has 2 atom stereocenters. The van der Waals surface area contributed by atoms with Gasteiger partial charge in [-0.25, -0.2) is 4.98 Å². The van der Waals surface area contributed by atoms with E-state index in [-0.39, 0.29) is 12.2 Å². The summed E-state index contributed by atoms with van der Waals surface area (Å²) in [4.78, 5) is 33.1. The molecule has 2 unspecified atom stereocenters. The van der Waals surface area contributed by atoms with E-state index in [9.17, 15) is 9.59 Å². The number of morpholine rings is 1. The molecule has 2 aromatic heterocycles. The number of hydrogen-bond acceptors (Lipinski definition) is 6. The van der Waals surface area contributed by atoms with Crippen LogP contribution in [0.3, 0.4) is 0 Å². The fourth-order valence-corrected chi connectivity index (χ4v) is 3.01. The number of ether oxygens (including phenoxy) is 1. The fourth-order valence-electron chi connectivity index (χ4n) is 3.01. The molecule has 0 aliphatic carbocycles. The highest BCUT2D eigenvalue weighted by Crippen LogP contribution is 2.26. The predicted octanol–water partition coefficient (Wildman–Crippen LogP) is 2.38. The third-order valence-corrected chi connectivity index (χ3v) is 3.97. The zero-order valence-corrected chi connectivity index (χ0v) is 13.7. The molecule has 6 nitrogen and oxygen atoms in total. The summed E-state index contributed by atoms with van der Waals surface area (Å²) < 4.78 is 5.73. The highest BCUT2D eigenvalue weighted by Gasteiger charge is 2.25. The molecule has 3 rings (SSSR count). The van der Waals surface area contributed by atoms with Gasteiger partial charge >= 0.3 is 0 Å². The van der Waals surface area contributed by atoms with Gasteiger partial charge in [-0.05, 0) is 26.0 Å². The summed E-state index contributed by atoms with van der Waals surface area (Å²) in [5.74, 6) is 0.662. The second-order valence-electron chi connectivity index (χ2n) is 6.04. The Morgan fingerprint density at radius 3 is 2.42 bits per heavy atom. The molecular weight excluding hydrogens is 306 g/mol. The minimum absolute atomic E-state index is 0.0863. The molecule has 0 radical (unpaired) electrons. The van der Waals surface area contributed by atoms with Crippen molar-refractivity contribution in [1.29, 1.82) is 0 Å². The fraction of sp³-hybridized carbons (Fsp3) is 0.333. The van der Waals surface area contributed by atoms with Crippen LogP contribution in [0.25, 0.3) is 11.1 Å². The van der Waals surface area contributed by atoms with Crippen LogP contribution in [-0.2, 0) is 4.74 Å². The third kappa shape index (κ3) is 3.33. The Bertz CT molecular complexity index is 753. The molecule has 0 saturated carbocycles. The van der Waals surface area contributed by atoms with Gasteiger partial charge in [-0.15, -0.1) is 0 Å².